The van der Waals surface area contributed by atoms with E-state index in [9.17, 15) is 14.0 Å². The number of piperidine rings is 1. The largest absolute Gasteiger partial charge is 0.351 e. The molecule has 2 heterocycles. The third-order valence-electron chi connectivity index (χ3n) is 5.24. The minimum absolute atomic E-state index is 0.0443. The molecular weight excluding hydrogens is 413 g/mol. The molecule has 0 unspecified atom stereocenters. The van der Waals surface area contributed by atoms with Crippen LogP contribution in [0.4, 0.5) is 9.39 Å². The molecule has 2 N–H and O–H groups in total. The minimum atomic E-state index is -0.502. The van der Waals surface area contributed by atoms with Crippen molar-refractivity contribution in [1.29, 1.82) is 0 Å². The zero-order chi connectivity index (χ0) is 21.0. The van der Waals surface area contributed by atoms with Gasteiger partial charge < -0.3 is 15.5 Å². The smallest absolute Gasteiger partial charge is 0.261 e. The molecule has 1 aliphatic rings. The van der Waals surface area contributed by atoms with Crippen molar-refractivity contribution in [2.24, 2.45) is 5.92 Å². The molecule has 29 heavy (non-hydrogen) atoms. The predicted octanol–water partition coefficient (Wildman–Crippen LogP) is 4.56. The fourth-order valence-corrected chi connectivity index (χ4v) is 4.68. The van der Waals surface area contributed by atoms with E-state index in [0.29, 0.717) is 22.3 Å². The molecule has 5 nitrogen and oxygen atoms in total. The number of carbonyl (C=O) groups excluding carboxylic acids is 2. The number of halogens is 2. The first-order valence-corrected chi connectivity index (χ1v) is 10.9. The van der Waals surface area contributed by atoms with E-state index in [1.165, 1.54) is 23.5 Å². The lowest BCUT2D eigenvalue weighted by atomic mass is 9.97. The third-order valence-corrected chi connectivity index (χ3v) is 6.71. The maximum absolute atomic E-state index is 13.2. The molecule has 1 saturated heterocycles. The van der Waals surface area contributed by atoms with Crippen molar-refractivity contribution < 1.29 is 14.0 Å². The van der Waals surface area contributed by atoms with E-state index < -0.39 is 11.7 Å². The number of aryl methyl sites for hydroxylation is 1. The number of likely N-dealkylation sites (tertiary alicyclic amines) is 1. The summed E-state index contributed by atoms with van der Waals surface area (Å²) in [6.07, 6.45) is 2.19. The number of nitrogens with one attached hydrogen (secondary N) is 2. The lowest BCUT2D eigenvalue weighted by Gasteiger charge is -2.31. The Hall–Kier alpha value is -1.96. The summed E-state index contributed by atoms with van der Waals surface area (Å²) >= 11 is 7.17. The van der Waals surface area contributed by atoms with Crippen LogP contribution in [0.25, 0.3) is 0 Å². The van der Waals surface area contributed by atoms with Gasteiger partial charge >= 0.3 is 0 Å². The molecule has 0 atom stereocenters. The number of benzene rings is 1. The Morgan fingerprint density at radius 3 is 2.62 bits per heavy atom. The van der Waals surface area contributed by atoms with Gasteiger partial charge in [0.1, 0.15) is 5.82 Å². The van der Waals surface area contributed by atoms with Gasteiger partial charge in [-0.3, -0.25) is 9.59 Å². The van der Waals surface area contributed by atoms with Crippen LogP contribution in [0.5, 0.6) is 0 Å². The van der Waals surface area contributed by atoms with Gasteiger partial charge in [-0.2, -0.15) is 0 Å². The maximum atomic E-state index is 13.2. The zero-order valence-corrected chi connectivity index (χ0v) is 18.1. The van der Waals surface area contributed by atoms with E-state index in [4.69, 9.17) is 11.6 Å². The molecule has 2 amide bonds. The van der Waals surface area contributed by atoms with Crippen LogP contribution >= 0.6 is 22.9 Å². The van der Waals surface area contributed by atoms with E-state index >= 15 is 0 Å². The van der Waals surface area contributed by atoms with Gasteiger partial charge in [0.25, 0.3) is 11.8 Å². The van der Waals surface area contributed by atoms with Crippen molar-refractivity contribution in [2.75, 3.05) is 31.5 Å². The second kappa shape index (κ2) is 9.69. The number of hydrogen-bond donors (Lipinski definition) is 2. The standard InChI is InChI=1S/C21H25ClFN3O2S/c1-3-26-8-6-14(7-9-26)12-24-21(28)19-13(2)10-18(29-19)25-20(27)16-5-4-15(23)11-17(16)22/h4-5,10-11,14H,3,6-9,12H2,1-2H3,(H,24,28)(H,25,27). The van der Waals surface area contributed by atoms with Gasteiger partial charge in [-0.25, -0.2) is 4.39 Å². The van der Waals surface area contributed by atoms with Crippen molar-refractivity contribution >= 4 is 39.8 Å². The number of thiophene rings is 1. The van der Waals surface area contributed by atoms with Gasteiger partial charge in [-0.05, 0) is 75.1 Å². The van der Waals surface area contributed by atoms with Gasteiger partial charge in [-0.1, -0.05) is 18.5 Å². The van der Waals surface area contributed by atoms with Crippen LogP contribution in [0, 0.1) is 18.7 Å². The van der Waals surface area contributed by atoms with Gasteiger partial charge in [0.15, 0.2) is 0 Å². The molecule has 0 bridgehead atoms. The van der Waals surface area contributed by atoms with Gasteiger partial charge in [-0.15, -0.1) is 11.3 Å². The Kier molecular flexibility index (Phi) is 7.27. The molecule has 3 rings (SSSR count). The van der Waals surface area contributed by atoms with Crippen LogP contribution in [-0.2, 0) is 0 Å². The van der Waals surface area contributed by atoms with Crippen LogP contribution < -0.4 is 10.6 Å². The fourth-order valence-electron chi connectivity index (χ4n) is 3.45. The molecule has 2 aromatic rings. The molecule has 1 aromatic carbocycles. The highest BCUT2D eigenvalue weighted by Crippen LogP contribution is 2.28. The quantitative estimate of drug-likeness (QED) is 0.696. The Labute approximate surface area is 179 Å². The third kappa shape index (κ3) is 5.56. The van der Waals surface area contributed by atoms with Crippen molar-refractivity contribution in [3.05, 3.63) is 51.1 Å². The Morgan fingerprint density at radius 1 is 1.24 bits per heavy atom. The van der Waals surface area contributed by atoms with Crippen molar-refractivity contribution in [2.45, 2.75) is 26.7 Å². The molecule has 8 heteroatoms. The average Bonchev–Trinajstić information content (AvgIpc) is 3.06. The van der Waals surface area contributed by atoms with Crippen molar-refractivity contribution in [1.82, 2.24) is 10.2 Å². The summed E-state index contributed by atoms with van der Waals surface area (Å²) in [5.41, 5.74) is 0.984. The SMILES string of the molecule is CCN1CCC(CNC(=O)c2sc(NC(=O)c3ccc(F)cc3Cl)cc2C)CC1. The number of carbonyl (C=O) groups is 2. The van der Waals surface area contributed by atoms with E-state index in [2.05, 4.69) is 22.5 Å². The number of anilines is 1. The Morgan fingerprint density at radius 2 is 1.97 bits per heavy atom. The molecule has 0 saturated carbocycles. The second-order valence-corrected chi connectivity index (χ2v) is 8.75. The molecule has 1 fully saturated rings. The first-order valence-electron chi connectivity index (χ1n) is 9.74. The zero-order valence-electron chi connectivity index (χ0n) is 16.6. The molecule has 1 aliphatic heterocycles. The van der Waals surface area contributed by atoms with Crippen LogP contribution in [0.2, 0.25) is 5.02 Å². The summed E-state index contributed by atoms with van der Waals surface area (Å²) in [5.74, 6) is -0.559. The van der Waals surface area contributed by atoms with Crippen LogP contribution in [0.15, 0.2) is 24.3 Å². The number of rotatable bonds is 6. The second-order valence-electron chi connectivity index (χ2n) is 7.29. The lowest BCUT2D eigenvalue weighted by molar-refractivity contribution is 0.0939. The summed E-state index contributed by atoms with van der Waals surface area (Å²) in [4.78, 5) is 28.0. The first kappa shape index (κ1) is 21.7. The lowest BCUT2D eigenvalue weighted by Crippen LogP contribution is -2.38. The molecule has 0 aliphatic carbocycles. The normalized spacial score (nSPS) is 15.3. The van der Waals surface area contributed by atoms with Crippen molar-refractivity contribution in [3.8, 4) is 0 Å². The number of amides is 2. The average molecular weight is 438 g/mol. The summed E-state index contributed by atoms with van der Waals surface area (Å²) in [7, 11) is 0. The van der Waals surface area contributed by atoms with E-state index in [1.54, 1.807) is 6.07 Å². The van der Waals surface area contributed by atoms with Crippen LogP contribution in [-0.4, -0.2) is 42.9 Å². The number of hydrogen-bond acceptors (Lipinski definition) is 4. The number of nitrogens with zero attached hydrogens (tertiary/aromatic N) is 1. The first-order chi connectivity index (χ1) is 13.9. The molecule has 156 valence electrons. The highest BCUT2D eigenvalue weighted by Gasteiger charge is 2.21. The monoisotopic (exact) mass is 437 g/mol. The van der Waals surface area contributed by atoms with E-state index in [0.717, 1.165) is 44.1 Å². The summed E-state index contributed by atoms with van der Waals surface area (Å²) in [5, 5.41) is 6.37. The van der Waals surface area contributed by atoms with Crippen LogP contribution in [0.1, 0.15) is 45.4 Å². The summed E-state index contributed by atoms with van der Waals surface area (Å²) in [6.45, 7) is 7.91. The van der Waals surface area contributed by atoms with Crippen molar-refractivity contribution in [3.63, 3.8) is 0 Å². The van der Waals surface area contributed by atoms with Gasteiger partial charge in [0.2, 0.25) is 0 Å². The van der Waals surface area contributed by atoms with Gasteiger partial charge in [0, 0.05) is 6.54 Å². The highest BCUT2D eigenvalue weighted by molar-refractivity contribution is 7.18. The Balaban J connectivity index is 1.58. The Bertz CT molecular complexity index is 894. The van der Waals surface area contributed by atoms with E-state index in [1.807, 2.05) is 6.92 Å². The maximum Gasteiger partial charge on any atom is 0.261 e. The molecule has 1 aromatic heterocycles. The van der Waals surface area contributed by atoms with Gasteiger partial charge in [0.05, 0.1) is 20.5 Å². The molecular formula is C21H25ClFN3O2S. The topological polar surface area (TPSA) is 61.4 Å². The fraction of sp³-hybridized carbons (Fsp3) is 0.429. The molecule has 0 spiro atoms. The predicted molar refractivity (Wildman–Crippen MR) is 116 cm³/mol. The highest BCUT2D eigenvalue weighted by atomic mass is 35.5. The van der Waals surface area contributed by atoms with Crippen LogP contribution in [0.3, 0.4) is 0 Å². The van der Waals surface area contributed by atoms with E-state index in [-0.39, 0.29) is 16.5 Å². The minimum Gasteiger partial charge on any atom is -0.351 e. The summed E-state index contributed by atoms with van der Waals surface area (Å²) in [6, 6.07) is 5.38. The molecule has 0 radical (unpaired) electrons. The summed E-state index contributed by atoms with van der Waals surface area (Å²) < 4.78 is 13.2.